The van der Waals surface area contributed by atoms with Gasteiger partial charge in [0.25, 0.3) is 0 Å². The van der Waals surface area contributed by atoms with Crippen molar-refractivity contribution in [3.05, 3.63) is 46.4 Å². The molecule has 1 fully saturated rings. The van der Waals surface area contributed by atoms with E-state index >= 15 is 0 Å². The number of hydrogen-bond donors (Lipinski definition) is 1. The fourth-order valence-electron chi connectivity index (χ4n) is 3.37. The van der Waals surface area contributed by atoms with E-state index in [0.717, 1.165) is 8.87 Å². The van der Waals surface area contributed by atoms with E-state index in [1.54, 1.807) is 6.07 Å². The first-order valence-corrected chi connectivity index (χ1v) is 10.6. The minimum Gasteiger partial charge on any atom is -0.246 e. The smallest absolute Gasteiger partial charge is 0.246 e. The highest BCUT2D eigenvalue weighted by Gasteiger charge is 2.34. The van der Waals surface area contributed by atoms with Gasteiger partial charge < -0.3 is 0 Å². The Balaban J connectivity index is 1.65. The van der Waals surface area contributed by atoms with Gasteiger partial charge in [-0.2, -0.15) is 18.3 Å². The van der Waals surface area contributed by atoms with Gasteiger partial charge in [0, 0.05) is 19.5 Å². The van der Waals surface area contributed by atoms with Crippen LogP contribution in [0.15, 0.2) is 29.1 Å². The summed E-state index contributed by atoms with van der Waals surface area (Å²) in [6.45, 7) is 0.193. The summed E-state index contributed by atoms with van der Waals surface area (Å²) >= 11 is 0. The number of nitrogens with one attached hydrogen (secondary N) is 1. The molecule has 0 aliphatic carbocycles. The SMILES string of the molecule is O=c1[nH]nc(CC2CCN(S(=O)(=O)CCC(F)(F)F)CC2)n1-c1ccccc1F. The fourth-order valence-corrected chi connectivity index (χ4v) is 4.89. The molecule has 0 saturated carbocycles. The zero-order valence-electron chi connectivity index (χ0n) is 15.3. The monoisotopic (exact) mass is 436 g/mol. The number of benzene rings is 1. The summed E-state index contributed by atoms with van der Waals surface area (Å²) in [4.78, 5) is 12.1. The molecule has 160 valence electrons. The molecule has 0 spiro atoms. The molecule has 0 radical (unpaired) electrons. The molecular formula is C17H20F4N4O3S. The summed E-state index contributed by atoms with van der Waals surface area (Å²) in [5, 5.41) is 6.25. The third-order valence-corrected chi connectivity index (χ3v) is 6.79. The minimum absolute atomic E-state index is 0.0372. The Labute approximate surface area is 164 Å². The number of nitrogens with zero attached hydrogens (tertiary/aromatic N) is 3. The zero-order valence-corrected chi connectivity index (χ0v) is 16.1. The largest absolute Gasteiger partial charge is 0.390 e. The summed E-state index contributed by atoms with van der Waals surface area (Å²) in [5.74, 6) is -1.26. The lowest BCUT2D eigenvalue weighted by atomic mass is 9.94. The average Bonchev–Trinajstić information content (AvgIpc) is 3.01. The Bertz CT molecular complexity index is 1010. The van der Waals surface area contributed by atoms with Gasteiger partial charge in [-0.3, -0.25) is 0 Å². The minimum atomic E-state index is -4.53. The van der Waals surface area contributed by atoms with Crippen LogP contribution in [0.25, 0.3) is 5.69 Å². The first-order chi connectivity index (χ1) is 13.6. The van der Waals surface area contributed by atoms with Crippen molar-refractivity contribution in [1.82, 2.24) is 19.1 Å². The van der Waals surface area contributed by atoms with Crippen molar-refractivity contribution >= 4 is 10.0 Å². The first kappa shape index (κ1) is 21.5. The molecule has 1 N–H and O–H groups in total. The van der Waals surface area contributed by atoms with E-state index in [4.69, 9.17) is 0 Å². The Morgan fingerprint density at radius 2 is 1.83 bits per heavy atom. The zero-order chi connectivity index (χ0) is 21.2. The van der Waals surface area contributed by atoms with Gasteiger partial charge in [0.1, 0.15) is 11.6 Å². The topological polar surface area (TPSA) is 88.1 Å². The van der Waals surface area contributed by atoms with Gasteiger partial charge in [-0.25, -0.2) is 31.6 Å². The van der Waals surface area contributed by atoms with Gasteiger partial charge in [0.05, 0.1) is 17.9 Å². The summed E-state index contributed by atoms with van der Waals surface area (Å²) in [5.41, 5.74) is -0.523. The van der Waals surface area contributed by atoms with E-state index in [-0.39, 0.29) is 24.7 Å². The van der Waals surface area contributed by atoms with Crippen LogP contribution < -0.4 is 5.69 Å². The molecular weight excluding hydrogens is 416 g/mol. The van der Waals surface area contributed by atoms with Gasteiger partial charge >= 0.3 is 11.9 Å². The fraction of sp³-hybridized carbons (Fsp3) is 0.529. The quantitative estimate of drug-likeness (QED) is 0.704. The molecule has 1 aromatic heterocycles. The van der Waals surface area contributed by atoms with Crippen molar-refractivity contribution in [2.24, 2.45) is 5.92 Å². The first-order valence-electron chi connectivity index (χ1n) is 9.02. The molecule has 0 amide bonds. The predicted octanol–water partition coefficient (Wildman–Crippen LogP) is 2.24. The maximum atomic E-state index is 14.1. The highest BCUT2D eigenvalue weighted by molar-refractivity contribution is 7.89. The lowest BCUT2D eigenvalue weighted by Gasteiger charge is -2.31. The Kier molecular flexibility index (Phi) is 6.13. The molecule has 1 aromatic carbocycles. The third kappa shape index (κ3) is 5.24. The summed E-state index contributed by atoms with van der Waals surface area (Å²) in [6, 6.07) is 5.76. The molecule has 1 saturated heterocycles. The predicted molar refractivity (Wildman–Crippen MR) is 96.6 cm³/mol. The number of alkyl halides is 3. The number of aromatic nitrogens is 3. The molecule has 1 aliphatic rings. The van der Waals surface area contributed by atoms with Crippen molar-refractivity contribution in [1.29, 1.82) is 0 Å². The van der Waals surface area contributed by atoms with E-state index in [9.17, 15) is 30.8 Å². The normalized spacial score (nSPS) is 17.0. The number of piperidine rings is 1. The number of sulfonamides is 1. The van der Waals surface area contributed by atoms with Crippen LogP contribution >= 0.6 is 0 Å². The van der Waals surface area contributed by atoms with E-state index < -0.39 is 39.9 Å². The van der Waals surface area contributed by atoms with Crippen LogP contribution in [0.4, 0.5) is 17.6 Å². The van der Waals surface area contributed by atoms with Crippen molar-refractivity contribution < 1.29 is 26.0 Å². The van der Waals surface area contributed by atoms with Crippen LogP contribution in [0.5, 0.6) is 0 Å². The molecule has 0 unspecified atom stereocenters. The standard InChI is InChI=1S/C17H20F4N4O3S/c18-13-3-1-2-4-14(13)25-15(22-23-16(25)26)11-12-5-8-24(9-6-12)29(27,28)10-7-17(19,20)21/h1-4,12H,5-11H2,(H,23,26). The van der Waals surface area contributed by atoms with Crippen LogP contribution in [-0.2, 0) is 16.4 Å². The molecule has 1 aliphatic heterocycles. The lowest BCUT2D eigenvalue weighted by molar-refractivity contribution is -0.130. The number of para-hydroxylation sites is 1. The molecule has 3 rings (SSSR count). The number of aromatic amines is 1. The summed E-state index contributed by atoms with van der Waals surface area (Å²) in [6.07, 6.45) is -4.78. The maximum Gasteiger partial charge on any atom is 0.390 e. The van der Waals surface area contributed by atoms with Crippen LogP contribution in [-0.4, -0.2) is 52.5 Å². The Morgan fingerprint density at radius 3 is 2.45 bits per heavy atom. The van der Waals surface area contributed by atoms with Crippen LogP contribution in [0.3, 0.4) is 0 Å². The maximum absolute atomic E-state index is 14.1. The summed E-state index contributed by atoms with van der Waals surface area (Å²) in [7, 11) is -3.98. The lowest BCUT2D eigenvalue weighted by Crippen LogP contribution is -2.41. The highest BCUT2D eigenvalue weighted by atomic mass is 32.2. The van der Waals surface area contributed by atoms with Crippen molar-refractivity contribution in [2.45, 2.75) is 31.9 Å². The Hall–Kier alpha value is -2.21. The number of hydrogen-bond acceptors (Lipinski definition) is 4. The Morgan fingerprint density at radius 1 is 1.17 bits per heavy atom. The second-order valence-corrected chi connectivity index (χ2v) is 9.05. The number of halogens is 4. The molecule has 0 atom stereocenters. The number of H-pyrrole nitrogens is 1. The van der Waals surface area contributed by atoms with E-state index in [1.165, 1.54) is 18.2 Å². The molecule has 2 heterocycles. The molecule has 0 bridgehead atoms. The van der Waals surface area contributed by atoms with E-state index in [1.807, 2.05) is 0 Å². The third-order valence-electron chi connectivity index (χ3n) is 4.92. The van der Waals surface area contributed by atoms with Gasteiger partial charge in [-0.1, -0.05) is 12.1 Å². The van der Waals surface area contributed by atoms with Crippen molar-refractivity contribution in [2.75, 3.05) is 18.8 Å². The molecule has 2 aromatic rings. The summed E-state index contributed by atoms with van der Waals surface area (Å²) < 4.78 is 77.4. The van der Waals surface area contributed by atoms with Gasteiger partial charge in [-0.05, 0) is 30.9 Å². The van der Waals surface area contributed by atoms with Crippen LogP contribution in [0.2, 0.25) is 0 Å². The van der Waals surface area contributed by atoms with Gasteiger partial charge in [0.15, 0.2) is 0 Å². The second-order valence-electron chi connectivity index (χ2n) is 6.96. The van der Waals surface area contributed by atoms with Crippen LogP contribution in [0, 0.1) is 11.7 Å². The van der Waals surface area contributed by atoms with E-state index in [2.05, 4.69) is 10.2 Å². The van der Waals surface area contributed by atoms with Crippen molar-refractivity contribution in [3.63, 3.8) is 0 Å². The second kappa shape index (κ2) is 8.27. The van der Waals surface area contributed by atoms with Gasteiger partial charge in [0.2, 0.25) is 10.0 Å². The van der Waals surface area contributed by atoms with Crippen LogP contribution in [0.1, 0.15) is 25.1 Å². The molecule has 29 heavy (non-hydrogen) atoms. The highest BCUT2D eigenvalue weighted by Crippen LogP contribution is 2.26. The van der Waals surface area contributed by atoms with E-state index in [0.29, 0.717) is 25.1 Å². The number of rotatable bonds is 6. The van der Waals surface area contributed by atoms with Gasteiger partial charge in [-0.15, -0.1) is 0 Å². The molecule has 7 nitrogen and oxygen atoms in total. The molecule has 12 heteroatoms. The average molecular weight is 436 g/mol. The van der Waals surface area contributed by atoms with Crippen molar-refractivity contribution in [3.8, 4) is 5.69 Å².